The van der Waals surface area contributed by atoms with Gasteiger partial charge in [0, 0.05) is 12.5 Å². The Morgan fingerprint density at radius 1 is 1.13 bits per heavy atom. The average Bonchev–Trinajstić information content (AvgIpc) is 2.30. The van der Waals surface area contributed by atoms with Crippen LogP contribution in [-0.2, 0) is 4.74 Å². The maximum absolute atomic E-state index is 13.7. The van der Waals surface area contributed by atoms with Gasteiger partial charge < -0.3 is 4.74 Å². The summed E-state index contributed by atoms with van der Waals surface area (Å²) >= 11 is 0. The van der Waals surface area contributed by atoms with E-state index in [9.17, 15) is 4.39 Å². The third-order valence-corrected chi connectivity index (χ3v) is 2.58. The van der Waals surface area contributed by atoms with Crippen molar-refractivity contribution >= 4 is 5.57 Å². The highest BCUT2D eigenvalue weighted by molar-refractivity contribution is 5.70. The van der Waals surface area contributed by atoms with Gasteiger partial charge in [0.05, 0.1) is 12.9 Å². The first-order valence-corrected chi connectivity index (χ1v) is 5.00. The molecule has 0 aliphatic heterocycles. The summed E-state index contributed by atoms with van der Waals surface area (Å²) in [6.07, 6.45) is 2.95. The van der Waals surface area contributed by atoms with Crippen LogP contribution in [0.2, 0.25) is 0 Å². The summed E-state index contributed by atoms with van der Waals surface area (Å²) in [6.45, 7) is 0. The normalized spacial score (nSPS) is 16.3. The van der Waals surface area contributed by atoms with E-state index in [0.29, 0.717) is 12.2 Å². The summed E-state index contributed by atoms with van der Waals surface area (Å²) in [6, 6.07) is 9.64. The van der Waals surface area contributed by atoms with Crippen molar-refractivity contribution in [1.29, 1.82) is 0 Å². The molecule has 0 saturated heterocycles. The van der Waals surface area contributed by atoms with Gasteiger partial charge in [-0.15, -0.1) is 0 Å². The second kappa shape index (κ2) is 4.30. The SMILES string of the molecule is COC1=CC(F)=C(c2ccccc2)CC1. The summed E-state index contributed by atoms with van der Waals surface area (Å²) in [4.78, 5) is 0. The van der Waals surface area contributed by atoms with Crippen molar-refractivity contribution in [1.82, 2.24) is 0 Å². The lowest BCUT2D eigenvalue weighted by Gasteiger charge is -2.15. The minimum absolute atomic E-state index is 0.177. The molecule has 1 aromatic carbocycles. The molecular weight excluding hydrogens is 191 g/mol. The highest BCUT2D eigenvalue weighted by atomic mass is 19.1. The van der Waals surface area contributed by atoms with Crippen LogP contribution >= 0.6 is 0 Å². The Bertz CT molecular complexity index is 404. The van der Waals surface area contributed by atoms with Crippen molar-refractivity contribution in [3.8, 4) is 0 Å². The maximum Gasteiger partial charge on any atom is 0.130 e. The van der Waals surface area contributed by atoms with E-state index in [0.717, 1.165) is 17.6 Å². The fraction of sp³-hybridized carbons (Fsp3) is 0.231. The lowest BCUT2D eigenvalue weighted by Crippen LogP contribution is -1.98. The highest BCUT2D eigenvalue weighted by Gasteiger charge is 2.14. The van der Waals surface area contributed by atoms with Crippen LogP contribution in [0.25, 0.3) is 5.57 Å². The standard InChI is InChI=1S/C13H13FO/c1-15-11-7-8-12(13(14)9-11)10-5-3-2-4-6-10/h2-6,9H,7-8H2,1H3. The predicted molar refractivity (Wildman–Crippen MR) is 58.8 cm³/mol. The zero-order valence-corrected chi connectivity index (χ0v) is 8.66. The number of ether oxygens (including phenoxy) is 1. The van der Waals surface area contributed by atoms with Gasteiger partial charge in [0.25, 0.3) is 0 Å². The van der Waals surface area contributed by atoms with E-state index in [-0.39, 0.29) is 5.83 Å². The number of rotatable bonds is 2. The Morgan fingerprint density at radius 2 is 1.87 bits per heavy atom. The number of hydrogen-bond acceptors (Lipinski definition) is 1. The van der Waals surface area contributed by atoms with E-state index >= 15 is 0 Å². The molecule has 0 aromatic heterocycles. The number of allylic oxidation sites excluding steroid dienone is 4. The minimum atomic E-state index is -0.177. The van der Waals surface area contributed by atoms with Gasteiger partial charge in [0.15, 0.2) is 0 Å². The summed E-state index contributed by atoms with van der Waals surface area (Å²) in [7, 11) is 1.58. The molecule has 0 heterocycles. The van der Waals surface area contributed by atoms with Gasteiger partial charge in [0.1, 0.15) is 5.83 Å². The third kappa shape index (κ3) is 2.09. The molecule has 0 bridgehead atoms. The molecule has 2 heteroatoms. The van der Waals surface area contributed by atoms with Crippen LogP contribution in [0.5, 0.6) is 0 Å². The molecular formula is C13H13FO. The van der Waals surface area contributed by atoms with Crippen LogP contribution in [0.3, 0.4) is 0 Å². The molecule has 78 valence electrons. The van der Waals surface area contributed by atoms with Crippen molar-refractivity contribution in [2.24, 2.45) is 0 Å². The summed E-state index contributed by atoms with van der Waals surface area (Å²) < 4.78 is 18.7. The summed E-state index contributed by atoms with van der Waals surface area (Å²) in [5.74, 6) is 0.538. The third-order valence-electron chi connectivity index (χ3n) is 2.58. The number of benzene rings is 1. The molecule has 0 fully saturated rings. The molecule has 0 radical (unpaired) electrons. The minimum Gasteiger partial charge on any atom is -0.501 e. The van der Waals surface area contributed by atoms with Crippen LogP contribution in [-0.4, -0.2) is 7.11 Å². The second-order valence-corrected chi connectivity index (χ2v) is 3.51. The average molecular weight is 204 g/mol. The Labute approximate surface area is 88.9 Å². The van der Waals surface area contributed by atoms with Crippen molar-refractivity contribution in [3.05, 3.63) is 53.6 Å². The van der Waals surface area contributed by atoms with E-state index < -0.39 is 0 Å². The molecule has 0 spiro atoms. The van der Waals surface area contributed by atoms with E-state index in [1.807, 2.05) is 30.3 Å². The maximum atomic E-state index is 13.7. The zero-order chi connectivity index (χ0) is 10.7. The molecule has 0 unspecified atom stereocenters. The molecule has 0 amide bonds. The van der Waals surface area contributed by atoms with Crippen molar-refractivity contribution in [3.63, 3.8) is 0 Å². The van der Waals surface area contributed by atoms with E-state index in [2.05, 4.69) is 0 Å². The van der Waals surface area contributed by atoms with Gasteiger partial charge in [-0.25, -0.2) is 4.39 Å². The van der Waals surface area contributed by atoms with Crippen LogP contribution in [0, 0.1) is 0 Å². The number of hydrogen-bond donors (Lipinski definition) is 0. The van der Waals surface area contributed by atoms with Gasteiger partial charge in [-0.2, -0.15) is 0 Å². The quantitative estimate of drug-likeness (QED) is 0.713. The molecule has 2 rings (SSSR count). The van der Waals surface area contributed by atoms with Crippen LogP contribution in [0.1, 0.15) is 18.4 Å². The molecule has 1 aromatic rings. The van der Waals surface area contributed by atoms with Gasteiger partial charge in [-0.05, 0) is 17.6 Å². The Kier molecular flexibility index (Phi) is 2.86. The summed E-state index contributed by atoms with van der Waals surface area (Å²) in [5.41, 5.74) is 1.73. The Morgan fingerprint density at radius 3 is 2.47 bits per heavy atom. The Balaban J connectivity index is 2.35. The Hall–Kier alpha value is -1.57. The first-order chi connectivity index (χ1) is 7.31. The van der Waals surface area contributed by atoms with Gasteiger partial charge in [0.2, 0.25) is 0 Å². The molecule has 1 aliphatic carbocycles. The van der Waals surface area contributed by atoms with E-state index in [4.69, 9.17) is 4.74 Å². The largest absolute Gasteiger partial charge is 0.501 e. The number of halogens is 1. The van der Waals surface area contributed by atoms with E-state index in [1.54, 1.807) is 7.11 Å². The molecule has 0 N–H and O–H groups in total. The van der Waals surface area contributed by atoms with E-state index in [1.165, 1.54) is 6.08 Å². The van der Waals surface area contributed by atoms with Crippen molar-refractivity contribution in [2.75, 3.05) is 7.11 Å². The van der Waals surface area contributed by atoms with Crippen LogP contribution < -0.4 is 0 Å². The van der Waals surface area contributed by atoms with Crippen LogP contribution in [0.15, 0.2) is 48.0 Å². The summed E-state index contributed by atoms with van der Waals surface area (Å²) in [5, 5.41) is 0. The fourth-order valence-electron chi connectivity index (χ4n) is 1.75. The topological polar surface area (TPSA) is 9.23 Å². The first kappa shape index (κ1) is 9.97. The zero-order valence-electron chi connectivity index (χ0n) is 8.66. The first-order valence-electron chi connectivity index (χ1n) is 5.00. The van der Waals surface area contributed by atoms with Gasteiger partial charge in [-0.3, -0.25) is 0 Å². The van der Waals surface area contributed by atoms with Gasteiger partial charge in [-0.1, -0.05) is 30.3 Å². The molecule has 0 saturated carbocycles. The monoisotopic (exact) mass is 204 g/mol. The lowest BCUT2D eigenvalue weighted by atomic mass is 9.96. The highest BCUT2D eigenvalue weighted by Crippen LogP contribution is 2.32. The molecule has 1 nitrogen and oxygen atoms in total. The molecule has 1 aliphatic rings. The number of methoxy groups -OCH3 is 1. The van der Waals surface area contributed by atoms with Gasteiger partial charge >= 0.3 is 0 Å². The smallest absolute Gasteiger partial charge is 0.130 e. The molecule has 0 atom stereocenters. The van der Waals surface area contributed by atoms with Crippen molar-refractivity contribution < 1.29 is 9.13 Å². The second-order valence-electron chi connectivity index (χ2n) is 3.51. The van der Waals surface area contributed by atoms with Crippen molar-refractivity contribution in [2.45, 2.75) is 12.8 Å². The lowest BCUT2D eigenvalue weighted by molar-refractivity contribution is 0.275. The fourth-order valence-corrected chi connectivity index (χ4v) is 1.75. The van der Waals surface area contributed by atoms with Crippen LogP contribution in [0.4, 0.5) is 4.39 Å². The molecule has 15 heavy (non-hydrogen) atoms. The predicted octanol–water partition coefficient (Wildman–Crippen LogP) is 3.69.